The Morgan fingerprint density at radius 3 is 2.36 bits per heavy atom. The fourth-order valence-corrected chi connectivity index (χ4v) is 3.95. The summed E-state index contributed by atoms with van der Waals surface area (Å²) in [5, 5.41) is 10.3. The molecule has 0 amide bonds. The zero-order valence-electron chi connectivity index (χ0n) is 13.8. The molecule has 0 N–H and O–H groups in total. The van der Waals surface area contributed by atoms with Crippen LogP contribution in [0.3, 0.4) is 0 Å². The predicted molar refractivity (Wildman–Crippen MR) is 84.3 cm³/mol. The van der Waals surface area contributed by atoms with Crippen LogP contribution in [0.15, 0.2) is 23.1 Å². The summed E-state index contributed by atoms with van der Waals surface area (Å²) in [5.41, 5.74) is 1.60. The number of benzene rings is 1. The van der Waals surface area contributed by atoms with E-state index in [0.717, 1.165) is 11.1 Å². The summed E-state index contributed by atoms with van der Waals surface area (Å²) < 4.78 is 27.3. The van der Waals surface area contributed by atoms with Gasteiger partial charge in [-0.1, -0.05) is 32.9 Å². The molecule has 120 valence electrons. The van der Waals surface area contributed by atoms with Gasteiger partial charge in [-0.05, 0) is 46.9 Å². The molecule has 0 aliphatic rings. The number of aromatic nitrogens is 4. The highest BCUT2D eigenvalue weighted by molar-refractivity contribution is 7.91. The Labute approximate surface area is 131 Å². The van der Waals surface area contributed by atoms with E-state index in [4.69, 9.17) is 0 Å². The highest BCUT2D eigenvalue weighted by Gasteiger charge is 2.31. The average Bonchev–Trinajstić information content (AvgIpc) is 2.82. The molecular formula is C15H22N4O2S. The Morgan fingerprint density at radius 2 is 1.86 bits per heavy atom. The van der Waals surface area contributed by atoms with Crippen molar-refractivity contribution in [3.63, 3.8) is 0 Å². The Bertz CT molecular complexity index is 788. The van der Waals surface area contributed by atoms with Crippen molar-refractivity contribution < 1.29 is 8.42 Å². The molecule has 0 spiro atoms. The van der Waals surface area contributed by atoms with Gasteiger partial charge in [-0.3, -0.25) is 0 Å². The maximum atomic E-state index is 13.0. The van der Waals surface area contributed by atoms with Gasteiger partial charge in [0.25, 0.3) is 0 Å². The minimum Gasteiger partial charge on any atom is -0.231 e. The van der Waals surface area contributed by atoms with Crippen LogP contribution >= 0.6 is 0 Å². The van der Waals surface area contributed by atoms with Gasteiger partial charge in [0.2, 0.25) is 0 Å². The molecule has 0 aliphatic heterocycles. The predicted octanol–water partition coefficient (Wildman–Crippen LogP) is 2.35. The fraction of sp³-hybridized carbons (Fsp3) is 0.533. The lowest BCUT2D eigenvalue weighted by Gasteiger charge is -2.21. The van der Waals surface area contributed by atoms with Gasteiger partial charge >= 0.3 is 0 Å². The summed E-state index contributed by atoms with van der Waals surface area (Å²) in [6.45, 7) is 9.60. The van der Waals surface area contributed by atoms with E-state index in [-0.39, 0.29) is 5.41 Å². The van der Waals surface area contributed by atoms with Crippen LogP contribution in [0.4, 0.5) is 0 Å². The van der Waals surface area contributed by atoms with E-state index in [1.807, 2.05) is 12.1 Å². The SMILES string of the molecule is Cc1ccc(C(C)(C)C)cc1S(=O)(=O)C(C)c1nnnn1C. The zero-order chi connectivity index (χ0) is 16.7. The second-order valence-corrected chi connectivity index (χ2v) is 8.82. The Kier molecular flexibility index (Phi) is 4.12. The van der Waals surface area contributed by atoms with Crippen molar-refractivity contribution in [1.82, 2.24) is 20.2 Å². The molecule has 2 aromatic rings. The van der Waals surface area contributed by atoms with Gasteiger partial charge in [-0.25, -0.2) is 13.1 Å². The molecule has 1 unspecified atom stereocenters. The van der Waals surface area contributed by atoms with Gasteiger partial charge in [0, 0.05) is 7.05 Å². The first-order chi connectivity index (χ1) is 10.0. The Morgan fingerprint density at radius 1 is 1.23 bits per heavy atom. The molecule has 0 fully saturated rings. The number of rotatable bonds is 3. The van der Waals surface area contributed by atoms with Gasteiger partial charge in [-0.2, -0.15) is 0 Å². The third-order valence-corrected chi connectivity index (χ3v) is 6.04. The zero-order valence-corrected chi connectivity index (χ0v) is 14.6. The Hall–Kier alpha value is -1.76. The lowest BCUT2D eigenvalue weighted by molar-refractivity contribution is 0.571. The van der Waals surface area contributed by atoms with E-state index in [1.165, 1.54) is 4.68 Å². The lowest BCUT2D eigenvalue weighted by Crippen LogP contribution is -2.18. The molecule has 1 atom stereocenters. The van der Waals surface area contributed by atoms with E-state index in [1.54, 1.807) is 27.0 Å². The van der Waals surface area contributed by atoms with Gasteiger partial charge < -0.3 is 0 Å². The third kappa shape index (κ3) is 2.90. The first-order valence-electron chi connectivity index (χ1n) is 7.12. The summed E-state index contributed by atoms with van der Waals surface area (Å²) in [4.78, 5) is 0.343. The number of hydrogen-bond donors (Lipinski definition) is 0. The van der Waals surface area contributed by atoms with Crippen molar-refractivity contribution in [2.45, 2.75) is 50.2 Å². The second kappa shape index (κ2) is 5.46. The van der Waals surface area contributed by atoms with Gasteiger partial charge in [-0.15, -0.1) is 5.10 Å². The topological polar surface area (TPSA) is 77.7 Å². The van der Waals surface area contributed by atoms with Crippen LogP contribution in [0.1, 0.15) is 49.9 Å². The fourth-order valence-electron chi connectivity index (χ4n) is 2.28. The molecule has 0 saturated carbocycles. The maximum absolute atomic E-state index is 13.0. The molecule has 0 bridgehead atoms. The highest BCUT2D eigenvalue weighted by atomic mass is 32.2. The molecule has 1 aromatic carbocycles. The number of sulfone groups is 1. The molecular weight excluding hydrogens is 300 g/mol. The standard InChI is InChI=1S/C15H22N4O2S/c1-10-7-8-12(15(3,4)5)9-13(10)22(20,21)11(2)14-16-17-18-19(14)6/h7-9,11H,1-6H3. The van der Waals surface area contributed by atoms with Crippen LogP contribution < -0.4 is 0 Å². The van der Waals surface area contributed by atoms with Crippen molar-refractivity contribution in [1.29, 1.82) is 0 Å². The summed E-state index contributed by atoms with van der Waals surface area (Å²) in [6.07, 6.45) is 0. The van der Waals surface area contributed by atoms with Crippen LogP contribution in [0.2, 0.25) is 0 Å². The monoisotopic (exact) mass is 322 g/mol. The molecule has 1 aromatic heterocycles. The quantitative estimate of drug-likeness (QED) is 0.867. The van der Waals surface area contributed by atoms with Crippen molar-refractivity contribution in [3.8, 4) is 0 Å². The van der Waals surface area contributed by atoms with E-state index >= 15 is 0 Å². The molecule has 22 heavy (non-hydrogen) atoms. The van der Waals surface area contributed by atoms with E-state index < -0.39 is 15.1 Å². The van der Waals surface area contributed by atoms with Crippen LogP contribution in [-0.4, -0.2) is 28.6 Å². The van der Waals surface area contributed by atoms with E-state index in [9.17, 15) is 8.42 Å². The van der Waals surface area contributed by atoms with Crippen molar-refractivity contribution in [2.75, 3.05) is 0 Å². The molecule has 6 nitrogen and oxygen atoms in total. The first-order valence-corrected chi connectivity index (χ1v) is 8.67. The molecule has 1 heterocycles. The number of nitrogens with zero attached hydrogens (tertiary/aromatic N) is 4. The van der Waals surface area contributed by atoms with Crippen molar-refractivity contribution >= 4 is 9.84 Å². The number of aryl methyl sites for hydroxylation is 2. The first kappa shape index (κ1) is 16.6. The van der Waals surface area contributed by atoms with Gasteiger partial charge in [0.05, 0.1) is 4.90 Å². The molecule has 0 aliphatic carbocycles. The smallest absolute Gasteiger partial charge is 0.188 e. The van der Waals surface area contributed by atoms with Gasteiger partial charge in [0.1, 0.15) is 5.25 Å². The Balaban J connectivity index is 2.57. The van der Waals surface area contributed by atoms with Crippen LogP contribution in [-0.2, 0) is 22.3 Å². The number of tetrazole rings is 1. The van der Waals surface area contributed by atoms with E-state index in [2.05, 4.69) is 36.3 Å². The summed E-state index contributed by atoms with van der Waals surface area (Å²) in [5.74, 6) is 0.334. The average molecular weight is 322 g/mol. The maximum Gasteiger partial charge on any atom is 0.188 e. The number of hydrogen-bond acceptors (Lipinski definition) is 5. The molecule has 0 saturated heterocycles. The lowest BCUT2D eigenvalue weighted by atomic mass is 9.87. The third-order valence-electron chi connectivity index (χ3n) is 3.84. The minimum atomic E-state index is -3.56. The highest BCUT2D eigenvalue weighted by Crippen LogP contribution is 2.32. The summed E-state index contributed by atoms with van der Waals surface area (Å²) in [7, 11) is -1.92. The van der Waals surface area contributed by atoms with Crippen LogP contribution in [0.25, 0.3) is 0 Å². The largest absolute Gasteiger partial charge is 0.231 e. The van der Waals surface area contributed by atoms with Crippen LogP contribution in [0, 0.1) is 6.92 Å². The second-order valence-electron chi connectivity index (χ2n) is 6.58. The molecule has 7 heteroatoms. The van der Waals surface area contributed by atoms with Crippen LogP contribution in [0.5, 0.6) is 0 Å². The summed E-state index contributed by atoms with van der Waals surface area (Å²) in [6, 6.07) is 5.60. The van der Waals surface area contributed by atoms with Crippen molar-refractivity contribution in [2.24, 2.45) is 7.05 Å². The normalized spacial score (nSPS) is 14.1. The van der Waals surface area contributed by atoms with Crippen molar-refractivity contribution in [3.05, 3.63) is 35.2 Å². The van der Waals surface area contributed by atoms with E-state index in [0.29, 0.717) is 10.7 Å². The summed E-state index contributed by atoms with van der Waals surface area (Å²) >= 11 is 0. The minimum absolute atomic E-state index is 0.118. The molecule has 0 radical (unpaired) electrons. The van der Waals surface area contributed by atoms with Gasteiger partial charge in [0.15, 0.2) is 15.7 Å². The molecule has 2 rings (SSSR count).